The van der Waals surface area contributed by atoms with Crippen LogP contribution < -0.4 is 0 Å². The van der Waals surface area contributed by atoms with Crippen LogP contribution in [0, 0.1) is 0 Å². The first-order chi connectivity index (χ1) is 10.2. The first-order valence-electron chi connectivity index (χ1n) is 8.10. The van der Waals surface area contributed by atoms with Gasteiger partial charge in [0.05, 0.1) is 11.4 Å². The summed E-state index contributed by atoms with van der Waals surface area (Å²) in [6.07, 6.45) is 7.52. The van der Waals surface area contributed by atoms with Crippen molar-refractivity contribution < 1.29 is 0 Å². The fourth-order valence-electron chi connectivity index (χ4n) is 3.33. The Kier molecular flexibility index (Phi) is 4.39. The van der Waals surface area contributed by atoms with Crippen LogP contribution in [0.4, 0.5) is 0 Å². The summed E-state index contributed by atoms with van der Waals surface area (Å²) in [4.78, 5) is 2.62. The molecule has 21 heavy (non-hydrogen) atoms. The van der Waals surface area contributed by atoms with Crippen LogP contribution in [0.25, 0.3) is 5.69 Å². The number of benzene rings is 1. The molecule has 0 radical (unpaired) electrons. The topological polar surface area (TPSA) is 21.1 Å². The van der Waals surface area contributed by atoms with Crippen molar-refractivity contribution in [3.8, 4) is 5.69 Å². The van der Waals surface area contributed by atoms with Crippen LogP contribution in [0.2, 0.25) is 0 Å². The van der Waals surface area contributed by atoms with E-state index in [9.17, 15) is 0 Å². The van der Waals surface area contributed by atoms with Gasteiger partial charge in [-0.05, 0) is 44.9 Å². The van der Waals surface area contributed by atoms with Crippen LogP contribution >= 0.6 is 0 Å². The van der Waals surface area contributed by atoms with Crippen molar-refractivity contribution in [3.63, 3.8) is 0 Å². The van der Waals surface area contributed by atoms with E-state index in [4.69, 9.17) is 5.10 Å². The number of hydrogen-bond donors (Lipinski definition) is 0. The zero-order valence-corrected chi connectivity index (χ0v) is 13.1. The standard InChI is InChI=1S/C18H25N3/c1-15(2)20(17-8-6-7-9-17)14-16-12-13-21(19-16)18-10-4-3-5-11-18/h3-5,10-13,15,17H,6-9,14H2,1-2H3. The third-order valence-corrected chi connectivity index (χ3v) is 4.47. The second kappa shape index (κ2) is 6.44. The molecule has 0 bridgehead atoms. The Hall–Kier alpha value is -1.61. The van der Waals surface area contributed by atoms with Crippen molar-refractivity contribution in [2.24, 2.45) is 0 Å². The third kappa shape index (κ3) is 3.35. The molecule has 0 atom stereocenters. The lowest BCUT2D eigenvalue weighted by molar-refractivity contribution is 0.144. The van der Waals surface area contributed by atoms with E-state index in [1.165, 1.54) is 31.4 Å². The maximum Gasteiger partial charge on any atom is 0.0769 e. The fourth-order valence-corrected chi connectivity index (χ4v) is 3.33. The van der Waals surface area contributed by atoms with Gasteiger partial charge >= 0.3 is 0 Å². The summed E-state index contributed by atoms with van der Waals surface area (Å²) in [5.74, 6) is 0. The van der Waals surface area contributed by atoms with Gasteiger partial charge in [-0.25, -0.2) is 4.68 Å². The molecule has 3 nitrogen and oxygen atoms in total. The van der Waals surface area contributed by atoms with Crippen molar-refractivity contribution in [3.05, 3.63) is 48.3 Å². The molecule has 1 aromatic heterocycles. The lowest BCUT2D eigenvalue weighted by Crippen LogP contribution is -2.38. The van der Waals surface area contributed by atoms with Gasteiger partial charge in [-0.2, -0.15) is 5.10 Å². The van der Waals surface area contributed by atoms with E-state index in [2.05, 4.69) is 55.3 Å². The summed E-state index contributed by atoms with van der Waals surface area (Å²) in [5, 5.41) is 4.75. The van der Waals surface area contributed by atoms with Crippen LogP contribution in [0.1, 0.15) is 45.2 Å². The second-order valence-electron chi connectivity index (χ2n) is 6.29. The van der Waals surface area contributed by atoms with E-state index in [0.29, 0.717) is 6.04 Å². The van der Waals surface area contributed by atoms with Crippen LogP contribution in [0.5, 0.6) is 0 Å². The number of aromatic nitrogens is 2. The molecular formula is C18H25N3. The van der Waals surface area contributed by atoms with Gasteiger partial charge in [0, 0.05) is 24.8 Å². The first-order valence-corrected chi connectivity index (χ1v) is 8.10. The summed E-state index contributed by atoms with van der Waals surface area (Å²) in [5.41, 5.74) is 2.29. The molecule has 0 saturated heterocycles. The molecular weight excluding hydrogens is 258 g/mol. The Morgan fingerprint density at radius 2 is 1.86 bits per heavy atom. The largest absolute Gasteiger partial charge is 0.292 e. The van der Waals surface area contributed by atoms with Gasteiger partial charge in [-0.1, -0.05) is 31.0 Å². The lowest BCUT2D eigenvalue weighted by atomic mass is 10.1. The van der Waals surface area contributed by atoms with Gasteiger partial charge in [-0.15, -0.1) is 0 Å². The molecule has 0 aliphatic heterocycles. The molecule has 2 aromatic rings. The van der Waals surface area contributed by atoms with Gasteiger partial charge < -0.3 is 0 Å². The third-order valence-electron chi connectivity index (χ3n) is 4.47. The van der Waals surface area contributed by atoms with E-state index in [0.717, 1.165) is 18.3 Å². The minimum Gasteiger partial charge on any atom is -0.292 e. The number of para-hydroxylation sites is 1. The Morgan fingerprint density at radius 1 is 1.14 bits per heavy atom. The summed E-state index contributed by atoms with van der Waals surface area (Å²) < 4.78 is 1.97. The van der Waals surface area contributed by atoms with E-state index in [1.807, 2.05) is 10.7 Å². The molecule has 112 valence electrons. The molecule has 1 aliphatic carbocycles. The Bertz CT molecular complexity index is 553. The van der Waals surface area contributed by atoms with Gasteiger partial charge in [0.15, 0.2) is 0 Å². The molecule has 0 N–H and O–H groups in total. The van der Waals surface area contributed by atoms with E-state index in [1.54, 1.807) is 0 Å². The van der Waals surface area contributed by atoms with Gasteiger partial charge in [0.2, 0.25) is 0 Å². The highest BCUT2D eigenvalue weighted by Gasteiger charge is 2.25. The highest BCUT2D eigenvalue weighted by molar-refractivity contribution is 5.30. The highest BCUT2D eigenvalue weighted by atomic mass is 15.3. The van der Waals surface area contributed by atoms with Crippen LogP contribution in [-0.4, -0.2) is 26.8 Å². The van der Waals surface area contributed by atoms with Crippen molar-refractivity contribution in [1.29, 1.82) is 0 Å². The minimum absolute atomic E-state index is 0.579. The molecule has 1 fully saturated rings. The molecule has 0 unspecified atom stereocenters. The zero-order chi connectivity index (χ0) is 14.7. The lowest BCUT2D eigenvalue weighted by Gasteiger charge is -2.31. The number of hydrogen-bond acceptors (Lipinski definition) is 2. The monoisotopic (exact) mass is 283 g/mol. The average molecular weight is 283 g/mol. The molecule has 1 heterocycles. The average Bonchev–Trinajstić information content (AvgIpc) is 3.17. The smallest absolute Gasteiger partial charge is 0.0769 e. The predicted molar refractivity (Wildman–Crippen MR) is 86.5 cm³/mol. The van der Waals surface area contributed by atoms with Crippen molar-refractivity contribution >= 4 is 0 Å². The summed E-state index contributed by atoms with van der Waals surface area (Å²) >= 11 is 0. The van der Waals surface area contributed by atoms with Gasteiger partial charge in [-0.3, -0.25) is 4.90 Å². The zero-order valence-electron chi connectivity index (χ0n) is 13.1. The van der Waals surface area contributed by atoms with Crippen molar-refractivity contribution in [2.75, 3.05) is 0 Å². The molecule has 3 rings (SSSR count). The minimum atomic E-state index is 0.579. The normalized spacial score (nSPS) is 16.2. The molecule has 1 aromatic carbocycles. The van der Waals surface area contributed by atoms with E-state index >= 15 is 0 Å². The fraction of sp³-hybridized carbons (Fsp3) is 0.500. The predicted octanol–water partition coefficient (Wildman–Crippen LogP) is 4.03. The first kappa shape index (κ1) is 14.3. The van der Waals surface area contributed by atoms with Crippen molar-refractivity contribution in [1.82, 2.24) is 14.7 Å². The van der Waals surface area contributed by atoms with Gasteiger partial charge in [0.25, 0.3) is 0 Å². The Balaban J connectivity index is 1.73. The van der Waals surface area contributed by atoms with E-state index in [-0.39, 0.29) is 0 Å². The summed E-state index contributed by atoms with van der Waals surface area (Å²) in [7, 11) is 0. The maximum atomic E-state index is 4.75. The quantitative estimate of drug-likeness (QED) is 0.826. The maximum absolute atomic E-state index is 4.75. The molecule has 0 spiro atoms. The van der Waals surface area contributed by atoms with Gasteiger partial charge in [0.1, 0.15) is 0 Å². The molecule has 1 aliphatic rings. The SMILES string of the molecule is CC(C)N(Cc1ccn(-c2ccccc2)n1)C1CCCC1. The second-order valence-corrected chi connectivity index (χ2v) is 6.29. The Morgan fingerprint density at radius 3 is 2.52 bits per heavy atom. The highest BCUT2D eigenvalue weighted by Crippen LogP contribution is 2.26. The summed E-state index contributed by atoms with van der Waals surface area (Å²) in [6, 6.07) is 13.8. The molecule has 0 amide bonds. The number of rotatable bonds is 5. The Labute approximate surface area is 127 Å². The van der Waals surface area contributed by atoms with Crippen LogP contribution in [-0.2, 0) is 6.54 Å². The summed E-state index contributed by atoms with van der Waals surface area (Å²) in [6.45, 7) is 5.56. The van der Waals surface area contributed by atoms with E-state index < -0.39 is 0 Å². The molecule has 3 heteroatoms. The molecule has 1 saturated carbocycles. The van der Waals surface area contributed by atoms with Crippen LogP contribution in [0.15, 0.2) is 42.6 Å². The number of nitrogens with zero attached hydrogens (tertiary/aromatic N) is 3. The van der Waals surface area contributed by atoms with Crippen LogP contribution in [0.3, 0.4) is 0 Å². The van der Waals surface area contributed by atoms with Crippen molar-refractivity contribution in [2.45, 2.75) is 58.2 Å².